The molecular formula is C12H9F4Na. The molecule has 17 heavy (non-hydrogen) atoms. The first-order valence-electron chi connectivity index (χ1n) is 4.41. The van der Waals surface area contributed by atoms with E-state index < -0.39 is 12.2 Å². The third kappa shape index (κ3) is 5.86. The van der Waals surface area contributed by atoms with Crippen molar-refractivity contribution in [3.8, 4) is 0 Å². The van der Waals surface area contributed by atoms with Gasteiger partial charge in [-0.15, -0.1) is 0 Å². The Morgan fingerprint density at radius 3 is 1.06 bits per heavy atom. The van der Waals surface area contributed by atoms with Crippen LogP contribution in [0.3, 0.4) is 0 Å². The Morgan fingerprint density at radius 1 is 0.647 bits per heavy atom. The summed E-state index contributed by atoms with van der Waals surface area (Å²) >= 11 is 0. The second kappa shape index (κ2) is 8.28. The molecule has 2 rings (SSSR count). The quantitative estimate of drug-likeness (QED) is 0.496. The minimum absolute atomic E-state index is 0. The van der Waals surface area contributed by atoms with Gasteiger partial charge in [0.15, 0.2) is 0 Å². The molecule has 86 valence electrons. The van der Waals surface area contributed by atoms with E-state index in [0.29, 0.717) is 0 Å². The van der Waals surface area contributed by atoms with Crippen LogP contribution in [-0.2, 0) is 0 Å². The summed E-state index contributed by atoms with van der Waals surface area (Å²) < 4.78 is 41.1. The van der Waals surface area contributed by atoms with Gasteiger partial charge in [0.25, 0.3) is 0 Å². The van der Waals surface area contributed by atoms with Crippen molar-refractivity contribution < 1.29 is 48.5 Å². The summed E-state index contributed by atoms with van der Waals surface area (Å²) in [6, 6.07) is 16.7. The minimum atomic E-state index is -2.91. The molecule has 0 aromatic heterocycles. The summed E-state index contributed by atoms with van der Waals surface area (Å²) in [6.45, 7) is 0. The Kier molecular flexibility index (Phi) is 7.87. The van der Waals surface area contributed by atoms with Crippen molar-refractivity contribution in [3.63, 3.8) is 0 Å². The zero-order valence-electron chi connectivity index (χ0n) is 10.1. The molecule has 5 heteroatoms. The van der Waals surface area contributed by atoms with Crippen molar-refractivity contribution in [2.45, 2.75) is 0 Å². The maximum atomic E-state index is 10.3. The van der Waals surface area contributed by atoms with Gasteiger partial charge in [-0.2, -0.15) is 17.6 Å². The molecule has 0 unspecified atom stereocenters. The van der Waals surface area contributed by atoms with E-state index >= 15 is 0 Å². The molecule has 0 atom stereocenters. The van der Waals surface area contributed by atoms with Gasteiger partial charge in [-0.25, -0.2) is 0 Å². The molecule has 0 aliphatic rings. The van der Waals surface area contributed by atoms with E-state index in [-0.39, 0.29) is 31.0 Å². The second-order valence-electron chi connectivity index (χ2n) is 2.87. The predicted octanol–water partition coefficient (Wildman–Crippen LogP) is 1.95. The van der Waals surface area contributed by atoms with E-state index in [0.717, 1.165) is 0 Å². The maximum Gasteiger partial charge on any atom is 1.00 e. The normalized spacial score (nSPS) is 8.71. The van der Waals surface area contributed by atoms with Crippen molar-refractivity contribution in [3.05, 3.63) is 60.7 Å². The van der Waals surface area contributed by atoms with E-state index in [2.05, 4.69) is 48.5 Å². The minimum Gasteiger partial charge on any atom is -1.00 e. The van der Waals surface area contributed by atoms with E-state index in [4.69, 9.17) is 0 Å². The van der Waals surface area contributed by atoms with Crippen LogP contribution >= 0.6 is 0 Å². The van der Waals surface area contributed by atoms with Gasteiger partial charge in [0.1, 0.15) is 0 Å². The van der Waals surface area contributed by atoms with Gasteiger partial charge in [0.2, 0.25) is 0 Å². The molecule has 0 fully saturated rings. The first-order valence-corrected chi connectivity index (χ1v) is 4.41. The molecule has 0 spiro atoms. The topological polar surface area (TPSA) is 0 Å². The number of rotatable bonds is 0. The first-order chi connectivity index (χ1) is 7.61. The molecular weight excluding hydrogens is 243 g/mol. The molecule has 0 heterocycles. The van der Waals surface area contributed by atoms with Crippen molar-refractivity contribution in [1.29, 1.82) is 0 Å². The van der Waals surface area contributed by atoms with Crippen molar-refractivity contribution in [2.24, 2.45) is 0 Å². The molecule has 0 nitrogen and oxygen atoms in total. The van der Waals surface area contributed by atoms with E-state index in [9.17, 15) is 17.6 Å². The van der Waals surface area contributed by atoms with Crippen molar-refractivity contribution >= 4 is 10.8 Å². The zero-order valence-corrected chi connectivity index (χ0v) is 11.1. The van der Waals surface area contributed by atoms with Crippen LogP contribution < -0.4 is 29.6 Å². The smallest absolute Gasteiger partial charge is 1.00 e. The largest absolute Gasteiger partial charge is 1.00 e. The Hall–Kier alpha value is -0.840. The van der Waals surface area contributed by atoms with Gasteiger partial charge < -0.3 is 1.43 Å². The second-order valence-corrected chi connectivity index (χ2v) is 2.87. The number of benzene rings is 2. The predicted molar refractivity (Wildman–Crippen MR) is 56.5 cm³/mol. The molecule has 0 radical (unpaired) electrons. The number of halogens is 4. The molecule has 0 saturated carbocycles. The van der Waals surface area contributed by atoms with Gasteiger partial charge in [0.05, 0.1) is 0 Å². The van der Waals surface area contributed by atoms with Crippen molar-refractivity contribution in [1.82, 2.24) is 0 Å². The maximum absolute atomic E-state index is 10.3. The number of hydrogen-bond donors (Lipinski definition) is 0. The fourth-order valence-electron chi connectivity index (χ4n) is 1.13. The molecule has 2 aromatic carbocycles. The fourth-order valence-corrected chi connectivity index (χ4v) is 1.13. The van der Waals surface area contributed by atoms with Gasteiger partial charge in [-0.05, 0) is 10.8 Å². The standard InChI is InChI=1S/C10H8.C2F4.Na.H/c1-2-6-10-8-4-3-7-9(10)5-1;3-1(4)2(5)6;;/h1-8H;;;/q;;+1;-1. The average Bonchev–Trinajstić information content (AvgIpc) is 2.30. The Labute approximate surface area is 120 Å². The van der Waals surface area contributed by atoms with Crippen LogP contribution in [0.2, 0.25) is 0 Å². The molecule has 0 aliphatic heterocycles. The van der Waals surface area contributed by atoms with Crippen LogP contribution in [0, 0.1) is 0 Å². The van der Waals surface area contributed by atoms with Crippen LogP contribution in [0.15, 0.2) is 60.7 Å². The van der Waals surface area contributed by atoms with Crippen LogP contribution in [-0.4, -0.2) is 0 Å². The van der Waals surface area contributed by atoms with Gasteiger partial charge in [-0.1, -0.05) is 48.5 Å². The van der Waals surface area contributed by atoms with Crippen molar-refractivity contribution in [2.75, 3.05) is 0 Å². The van der Waals surface area contributed by atoms with Crippen LogP contribution in [0.1, 0.15) is 1.43 Å². The number of fused-ring (bicyclic) bond motifs is 1. The molecule has 0 amide bonds. The molecule has 0 saturated heterocycles. The SMILES string of the molecule is FC(F)=C(F)F.[H-].[Na+].c1ccc2ccccc2c1. The van der Waals surface area contributed by atoms with Gasteiger partial charge in [0, 0.05) is 0 Å². The zero-order chi connectivity index (χ0) is 12.0. The fraction of sp³-hybridized carbons (Fsp3) is 0. The average molecular weight is 252 g/mol. The molecule has 0 aliphatic carbocycles. The van der Waals surface area contributed by atoms with Gasteiger partial charge in [-0.3, -0.25) is 0 Å². The Bertz CT molecular complexity index is 419. The Balaban J connectivity index is 0. The van der Waals surface area contributed by atoms with Crippen LogP contribution in [0.25, 0.3) is 10.8 Å². The first kappa shape index (κ1) is 16.2. The summed E-state index contributed by atoms with van der Waals surface area (Å²) in [5.41, 5.74) is 0. The molecule has 0 bridgehead atoms. The third-order valence-corrected chi connectivity index (χ3v) is 1.80. The van der Waals surface area contributed by atoms with Crippen LogP contribution in [0.5, 0.6) is 0 Å². The van der Waals surface area contributed by atoms with E-state index in [1.165, 1.54) is 10.8 Å². The van der Waals surface area contributed by atoms with E-state index in [1.54, 1.807) is 0 Å². The number of hydrogen-bond acceptors (Lipinski definition) is 0. The molecule has 2 aromatic rings. The Morgan fingerprint density at radius 2 is 0.882 bits per heavy atom. The molecule has 0 N–H and O–H groups in total. The summed E-state index contributed by atoms with van der Waals surface area (Å²) in [5.74, 6) is 0. The summed E-state index contributed by atoms with van der Waals surface area (Å²) in [5, 5.41) is 2.62. The summed E-state index contributed by atoms with van der Waals surface area (Å²) in [6.07, 6.45) is -5.81. The third-order valence-electron chi connectivity index (χ3n) is 1.80. The summed E-state index contributed by atoms with van der Waals surface area (Å²) in [7, 11) is 0. The van der Waals surface area contributed by atoms with Crippen LogP contribution in [0.4, 0.5) is 17.6 Å². The monoisotopic (exact) mass is 252 g/mol. The van der Waals surface area contributed by atoms with E-state index in [1.807, 2.05) is 0 Å². The summed E-state index contributed by atoms with van der Waals surface area (Å²) in [4.78, 5) is 0. The van der Waals surface area contributed by atoms with Gasteiger partial charge >= 0.3 is 41.7 Å².